The number of aromatic amines is 1. The van der Waals surface area contributed by atoms with Crippen molar-refractivity contribution in [2.24, 2.45) is 11.8 Å². The number of benzene rings is 1. The van der Waals surface area contributed by atoms with Crippen molar-refractivity contribution in [1.82, 2.24) is 30.1 Å². The van der Waals surface area contributed by atoms with E-state index in [1.165, 1.54) is 38.8 Å². The third-order valence-corrected chi connectivity index (χ3v) is 8.87. The number of piperidine rings is 3. The predicted octanol–water partition coefficient (Wildman–Crippen LogP) is 3.80. The molecule has 3 aromatic rings. The number of H-pyrrole nitrogens is 1. The highest BCUT2D eigenvalue weighted by Crippen LogP contribution is 2.43. The summed E-state index contributed by atoms with van der Waals surface area (Å²) in [7, 11) is 0. The summed E-state index contributed by atoms with van der Waals surface area (Å²) in [6, 6.07) is 12.4. The Hall–Kier alpha value is -3.26. The first-order valence-corrected chi connectivity index (χ1v) is 14.3. The van der Waals surface area contributed by atoms with E-state index >= 15 is 0 Å². The van der Waals surface area contributed by atoms with Crippen LogP contribution >= 0.6 is 0 Å². The van der Waals surface area contributed by atoms with Crippen LogP contribution < -0.4 is 5.32 Å². The van der Waals surface area contributed by atoms with Gasteiger partial charge in [0.1, 0.15) is 5.82 Å². The summed E-state index contributed by atoms with van der Waals surface area (Å²) in [5.74, 6) is 2.09. The van der Waals surface area contributed by atoms with Crippen LogP contribution in [0.3, 0.4) is 0 Å². The van der Waals surface area contributed by atoms with E-state index in [1.807, 2.05) is 36.4 Å². The van der Waals surface area contributed by atoms with Gasteiger partial charge in [-0.1, -0.05) is 12.1 Å². The average Bonchev–Trinajstić information content (AvgIpc) is 3.37. The van der Waals surface area contributed by atoms with Gasteiger partial charge in [-0.25, -0.2) is 4.98 Å². The molecule has 2 aromatic heterocycles. The van der Waals surface area contributed by atoms with Gasteiger partial charge in [0.25, 0.3) is 5.91 Å². The van der Waals surface area contributed by atoms with Crippen LogP contribution in [0.2, 0.25) is 0 Å². The Labute approximate surface area is 224 Å². The molecule has 0 radical (unpaired) electrons. The highest BCUT2D eigenvalue weighted by molar-refractivity contribution is 5.94. The second kappa shape index (κ2) is 11.2. The number of hydrogen-bond acceptors (Lipinski definition) is 5. The number of aromatic nitrogens is 3. The van der Waals surface area contributed by atoms with Gasteiger partial charge in [-0.3, -0.25) is 19.5 Å². The zero-order valence-electron chi connectivity index (χ0n) is 22.0. The van der Waals surface area contributed by atoms with Crippen molar-refractivity contribution in [2.45, 2.75) is 63.5 Å². The van der Waals surface area contributed by atoms with Crippen molar-refractivity contribution in [2.75, 3.05) is 26.2 Å². The number of nitrogens with zero attached hydrogens (tertiary/aromatic N) is 4. The molecule has 0 spiro atoms. The molecule has 8 nitrogen and oxygen atoms in total. The molecule has 8 heteroatoms. The molecule has 200 valence electrons. The highest BCUT2D eigenvalue weighted by Gasteiger charge is 2.49. The predicted molar refractivity (Wildman–Crippen MR) is 147 cm³/mol. The lowest BCUT2D eigenvalue weighted by Gasteiger charge is -2.57. The fourth-order valence-electron chi connectivity index (χ4n) is 7.26. The first kappa shape index (κ1) is 25.0. The van der Waals surface area contributed by atoms with Crippen LogP contribution in [0.25, 0.3) is 11.0 Å². The lowest BCUT2D eigenvalue weighted by molar-refractivity contribution is -0.121. The number of para-hydroxylation sites is 2. The summed E-state index contributed by atoms with van der Waals surface area (Å²) in [6.07, 6.45) is 11.0. The van der Waals surface area contributed by atoms with E-state index in [0.717, 1.165) is 36.2 Å². The molecule has 3 fully saturated rings. The Morgan fingerprint density at radius 2 is 1.95 bits per heavy atom. The monoisotopic (exact) mass is 514 g/mol. The van der Waals surface area contributed by atoms with Crippen molar-refractivity contribution in [3.8, 4) is 0 Å². The summed E-state index contributed by atoms with van der Waals surface area (Å²) < 4.78 is 0. The smallest absolute Gasteiger partial charge is 0.255 e. The molecule has 0 unspecified atom stereocenters. The van der Waals surface area contributed by atoms with Crippen LogP contribution in [0.4, 0.5) is 0 Å². The van der Waals surface area contributed by atoms with Crippen LogP contribution in [0, 0.1) is 11.8 Å². The number of imidazole rings is 1. The quantitative estimate of drug-likeness (QED) is 0.477. The average molecular weight is 515 g/mol. The molecular formula is C30H38N6O2. The maximum atomic E-state index is 13.7. The number of pyridine rings is 1. The molecule has 3 saturated heterocycles. The second-order valence-electron chi connectivity index (χ2n) is 11.2. The van der Waals surface area contributed by atoms with Gasteiger partial charge in [-0.15, -0.1) is 0 Å². The number of hydrogen-bond donors (Lipinski definition) is 2. The Bertz CT molecular complexity index is 1220. The summed E-state index contributed by atoms with van der Waals surface area (Å²) in [5, 5.41) is 3.07. The number of fused-ring (bicyclic) bond motifs is 1. The molecule has 2 amide bonds. The molecule has 0 bridgehead atoms. The number of nitrogens with one attached hydrogen (secondary N) is 2. The first-order valence-electron chi connectivity index (χ1n) is 14.3. The summed E-state index contributed by atoms with van der Waals surface area (Å²) in [5.41, 5.74) is 2.64. The van der Waals surface area contributed by atoms with Crippen molar-refractivity contribution < 1.29 is 9.59 Å². The zero-order valence-corrected chi connectivity index (χ0v) is 22.0. The van der Waals surface area contributed by atoms with Gasteiger partial charge in [0, 0.05) is 50.4 Å². The Balaban J connectivity index is 1.07. The lowest BCUT2D eigenvalue weighted by atomic mass is 9.69. The van der Waals surface area contributed by atoms with E-state index in [-0.39, 0.29) is 17.9 Å². The fourth-order valence-corrected chi connectivity index (χ4v) is 7.26. The minimum Gasteiger partial charge on any atom is -0.356 e. The van der Waals surface area contributed by atoms with Gasteiger partial charge >= 0.3 is 0 Å². The lowest BCUT2D eigenvalue weighted by Crippen LogP contribution is -2.65. The number of rotatable bonds is 8. The summed E-state index contributed by atoms with van der Waals surface area (Å²) in [6.45, 7) is 3.76. The van der Waals surface area contributed by atoms with Crippen LogP contribution in [0.5, 0.6) is 0 Å². The molecule has 0 aliphatic carbocycles. The Kier molecular flexibility index (Phi) is 7.40. The van der Waals surface area contributed by atoms with Crippen molar-refractivity contribution in [1.29, 1.82) is 0 Å². The van der Waals surface area contributed by atoms with E-state index in [1.54, 1.807) is 12.4 Å². The highest BCUT2D eigenvalue weighted by atomic mass is 16.2. The van der Waals surface area contributed by atoms with Gasteiger partial charge in [0.15, 0.2) is 0 Å². The van der Waals surface area contributed by atoms with Crippen LogP contribution in [0.1, 0.15) is 61.1 Å². The minimum atomic E-state index is 0.0721. The molecule has 2 N–H and O–H groups in total. The molecule has 3 aliphatic heterocycles. The molecule has 1 aromatic carbocycles. The van der Waals surface area contributed by atoms with Crippen LogP contribution in [-0.2, 0) is 11.2 Å². The molecule has 6 rings (SSSR count). The van der Waals surface area contributed by atoms with E-state index in [4.69, 9.17) is 0 Å². The first-order chi connectivity index (χ1) is 18.7. The molecule has 5 heterocycles. The largest absolute Gasteiger partial charge is 0.356 e. The topological polar surface area (TPSA) is 94.2 Å². The number of carbonyl (C=O) groups is 2. The third kappa shape index (κ3) is 5.19. The summed E-state index contributed by atoms with van der Waals surface area (Å²) in [4.78, 5) is 43.3. The van der Waals surface area contributed by atoms with Crippen LogP contribution in [0.15, 0.2) is 48.8 Å². The third-order valence-electron chi connectivity index (χ3n) is 8.87. The Morgan fingerprint density at radius 1 is 1.08 bits per heavy atom. The molecular weight excluding hydrogens is 476 g/mol. The van der Waals surface area contributed by atoms with Gasteiger partial charge in [-0.05, 0) is 87.7 Å². The van der Waals surface area contributed by atoms with E-state index in [9.17, 15) is 9.59 Å². The van der Waals surface area contributed by atoms with E-state index in [0.29, 0.717) is 42.8 Å². The maximum absolute atomic E-state index is 13.7. The van der Waals surface area contributed by atoms with Crippen molar-refractivity contribution in [3.05, 3.63) is 60.2 Å². The maximum Gasteiger partial charge on any atom is 0.255 e. The van der Waals surface area contributed by atoms with E-state index < -0.39 is 0 Å². The number of carbonyl (C=O) groups excluding carboxylic acids is 2. The van der Waals surface area contributed by atoms with Crippen molar-refractivity contribution in [3.63, 3.8) is 0 Å². The van der Waals surface area contributed by atoms with Gasteiger partial charge in [0.05, 0.1) is 16.6 Å². The number of likely N-dealkylation sites (tertiary alicyclic amines) is 1. The summed E-state index contributed by atoms with van der Waals surface area (Å²) >= 11 is 0. The second-order valence-corrected chi connectivity index (χ2v) is 11.2. The standard InChI is InChI=1S/C30H38N6O2/c37-28(32-16-14-27-33-24-10-1-2-11-25(24)34-27)13-3-12-26-23-9-6-18-35-17-5-8-22(29(23)35)20-36(26)30(38)21-7-4-15-31-19-21/h1-2,4,7,10-11,15,19,22-23,26,29H,3,5-6,8-9,12-14,16-18,20H2,(H,32,37)(H,33,34)/t22-,23+,26+,29-/m0/s1. The molecule has 4 atom stereocenters. The Morgan fingerprint density at radius 3 is 2.79 bits per heavy atom. The normalized spacial score (nSPS) is 25.2. The number of amides is 2. The zero-order chi connectivity index (χ0) is 25.9. The minimum absolute atomic E-state index is 0.0721. The fraction of sp³-hybridized carbons (Fsp3) is 0.533. The van der Waals surface area contributed by atoms with Gasteiger partial charge in [0.2, 0.25) is 5.91 Å². The SMILES string of the molecule is O=C(CCC[C@@H]1[C@H]2CCCN3CCC[C@@H](CN1C(=O)c1cccnc1)[C@@H]23)NCCc1nc2ccccc2[nH]1. The molecule has 38 heavy (non-hydrogen) atoms. The van der Waals surface area contributed by atoms with E-state index in [2.05, 4.69) is 30.1 Å². The molecule has 0 saturated carbocycles. The van der Waals surface area contributed by atoms with Crippen LogP contribution in [-0.4, -0.2) is 74.8 Å². The van der Waals surface area contributed by atoms with Gasteiger partial charge < -0.3 is 15.2 Å². The van der Waals surface area contributed by atoms with Gasteiger partial charge in [-0.2, -0.15) is 0 Å². The molecule has 3 aliphatic rings. The van der Waals surface area contributed by atoms with Crippen molar-refractivity contribution >= 4 is 22.8 Å².